The van der Waals surface area contributed by atoms with Crippen molar-refractivity contribution in [1.29, 1.82) is 0 Å². The lowest BCUT2D eigenvalue weighted by atomic mass is 9.78. The Morgan fingerprint density at radius 3 is 1.16 bits per heavy atom. The maximum absolute atomic E-state index is 9.39. The minimum atomic E-state index is -0.187. The van der Waals surface area contributed by atoms with Crippen molar-refractivity contribution in [1.82, 2.24) is 0 Å². The summed E-state index contributed by atoms with van der Waals surface area (Å²) < 4.78 is 23.2. The lowest BCUT2D eigenvalue weighted by Gasteiger charge is -2.27. The van der Waals surface area contributed by atoms with Crippen molar-refractivity contribution in [3.05, 3.63) is 119 Å². The van der Waals surface area contributed by atoms with Crippen LogP contribution in [0.3, 0.4) is 0 Å². The van der Waals surface area contributed by atoms with E-state index in [4.69, 9.17) is 31.6 Å². The molecule has 0 bridgehead atoms. The van der Waals surface area contributed by atoms with Crippen LogP contribution in [0.4, 0.5) is 0 Å². The fourth-order valence-corrected chi connectivity index (χ4v) is 5.34. The van der Waals surface area contributed by atoms with Gasteiger partial charge in [-0.25, -0.2) is 0 Å². The molecule has 4 aromatic rings. The Hall–Kier alpha value is -3.61. The highest BCUT2D eigenvalue weighted by atomic mass is 32.1. The van der Waals surface area contributed by atoms with Gasteiger partial charge < -0.3 is 24.1 Å². The molecule has 0 aliphatic heterocycles. The summed E-state index contributed by atoms with van der Waals surface area (Å²) in [6, 6.07) is 33.0. The number of hydrogen-bond acceptors (Lipinski definition) is 6. The predicted octanol–water partition coefficient (Wildman–Crippen LogP) is 8.50. The fraction of sp³-hybridized carbons (Fsp3) is 0.385. The Balaban J connectivity index is 1.25. The topological polar surface area (TPSA) is 57.2 Å². The molecule has 0 amide bonds. The van der Waals surface area contributed by atoms with E-state index in [0.717, 1.165) is 29.4 Å². The van der Waals surface area contributed by atoms with Crippen LogP contribution in [-0.4, -0.2) is 43.9 Å². The normalized spacial score (nSPS) is 13.2. The first kappa shape index (κ1) is 34.3. The zero-order chi connectivity index (χ0) is 32.5. The number of hydrogen-bond donors (Lipinski definition) is 2. The number of aliphatic hydroxyl groups excluding tert-OH is 1. The highest BCUT2D eigenvalue weighted by Gasteiger charge is 2.24. The summed E-state index contributed by atoms with van der Waals surface area (Å²) in [6.07, 6.45) is 0.893. The highest BCUT2D eigenvalue weighted by molar-refractivity contribution is 7.81. The van der Waals surface area contributed by atoms with Gasteiger partial charge in [-0.15, -0.1) is 0 Å². The maximum Gasteiger partial charge on any atom is 0.119 e. The Bertz CT molecular complexity index is 1440. The van der Waals surface area contributed by atoms with E-state index in [1.165, 1.54) is 22.3 Å². The van der Waals surface area contributed by atoms with E-state index >= 15 is 0 Å². The quantitative estimate of drug-likeness (QED) is 0.122. The van der Waals surface area contributed by atoms with Crippen LogP contribution < -0.4 is 18.9 Å². The van der Waals surface area contributed by atoms with Gasteiger partial charge in [-0.05, 0) is 77.2 Å². The first-order valence-corrected chi connectivity index (χ1v) is 16.2. The molecule has 6 heteroatoms. The van der Waals surface area contributed by atoms with Crippen molar-refractivity contribution in [3.8, 4) is 23.0 Å². The monoisotopic (exact) mass is 628 g/mol. The van der Waals surface area contributed by atoms with Gasteiger partial charge in [-0.2, -0.15) is 12.6 Å². The van der Waals surface area contributed by atoms with Crippen molar-refractivity contribution in [2.75, 3.05) is 33.5 Å². The van der Waals surface area contributed by atoms with E-state index in [0.29, 0.717) is 19.8 Å². The van der Waals surface area contributed by atoms with Crippen molar-refractivity contribution in [2.24, 2.45) is 5.92 Å². The van der Waals surface area contributed by atoms with Gasteiger partial charge in [-0.3, -0.25) is 0 Å². The van der Waals surface area contributed by atoms with Gasteiger partial charge in [0.25, 0.3) is 0 Å². The molecule has 2 atom stereocenters. The zero-order valence-corrected chi connectivity index (χ0v) is 28.3. The summed E-state index contributed by atoms with van der Waals surface area (Å²) in [7, 11) is 1.68. The summed E-state index contributed by atoms with van der Waals surface area (Å²) >= 11 is 4.70. The second-order valence-corrected chi connectivity index (χ2v) is 13.3. The van der Waals surface area contributed by atoms with Gasteiger partial charge in [0.2, 0.25) is 0 Å². The van der Waals surface area contributed by atoms with E-state index in [9.17, 15) is 5.11 Å². The third-order valence-electron chi connectivity index (χ3n) is 8.75. The molecule has 5 nitrogen and oxygen atoms in total. The maximum atomic E-state index is 9.39. The molecule has 0 heterocycles. The first-order valence-electron chi connectivity index (χ1n) is 15.7. The molecule has 0 saturated carbocycles. The Morgan fingerprint density at radius 2 is 0.867 bits per heavy atom. The second-order valence-electron chi connectivity index (χ2n) is 12.6. The van der Waals surface area contributed by atoms with Crippen molar-refractivity contribution < 1.29 is 24.1 Å². The van der Waals surface area contributed by atoms with Crippen molar-refractivity contribution in [2.45, 2.75) is 57.1 Å². The molecule has 4 aromatic carbocycles. The summed E-state index contributed by atoms with van der Waals surface area (Å²) in [4.78, 5) is 0. The molecule has 240 valence electrons. The van der Waals surface area contributed by atoms with Crippen LogP contribution in [0.5, 0.6) is 23.0 Å². The largest absolute Gasteiger partial charge is 0.497 e. The lowest BCUT2D eigenvalue weighted by molar-refractivity contribution is 0.160. The highest BCUT2D eigenvalue weighted by Crippen LogP contribution is 2.35. The third kappa shape index (κ3) is 8.99. The molecule has 0 radical (unpaired) electrons. The van der Waals surface area contributed by atoms with Crippen LogP contribution >= 0.6 is 12.6 Å². The van der Waals surface area contributed by atoms with E-state index in [1.807, 2.05) is 48.5 Å². The first-order chi connectivity index (χ1) is 21.6. The van der Waals surface area contributed by atoms with Gasteiger partial charge in [-0.1, -0.05) is 83.1 Å². The molecular formula is C39H48O5S. The molecule has 2 unspecified atom stereocenters. The Kier molecular flexibility index (Phi) is 11.9. The van der Waals surface area contributed by atoms with Gasteiger partial charge in [0.05, 0.1) is 19.0 Å². The number of aliphatic hydroxyl groups is 1. The molecular weight excluding hydrogens is 580 g/mol. The van der Waals surface area contributed by atoms with E-state index in [2.05, 4.69) is 83.1 Å². The molecule has 0 aromatic heterocycles. The van der Waals surface area contributed by atoms with Gasteiger partial charge in [0.1, 0.15) is 36.2 Å². The average Bonchev–Trinajstić information content (AvgIpc) is 3.07. The van der Waals surface area contributed by atoms with Crippen LogP contribution in [0.1, 0.15) is 63.3 Å². The Morgan fingerprint density at radius 1 is 0.556 bits per heavy atom. The van der Waals surface area contributed by atoms with Gasteiger partial charge >= 0.3 is 0 Å². The summed E-state index contributed by atoms with van der Waals surface area (Å²) in [5.41, 5.74) is 4.49. The fourth-order valence-electron chi connectivity index (χ4n) is 5.19. The zero-order valence-electron chi connectivity index (χ0n) is 27.5. The summed E-state index contributed by atoms with van der Waals surface area (Å²) in [5, 5.41) is 9.31. The molecule has 0 aliphatic rings. The average molecular weight is 629 g/mol. The molecule has 0 aliphatic carbocycles. The number of rotatable bonds is 16. The molecule has 1 N–H and O–H groups in total. The summed E-state index contributed by atoms with van der Waals surface area (Å²) in [5.74, 6) is 3.45. The van der Waals surface area contributed by atoms with Crippen LogP contribution in [0.25, 0.3) is 0 Å². The number of benzene rings is 4. The molecule has 4 rings (SSSR count). The SMILES string of the molecule is CCC(CO)COc1ccc(C(C)(C)c2ccc(OCC(S)COc3ccc(C(C)(C)c4ccc(OC)cc4)cc3)cc2)cc1. The Labute approximate surface area is 274 Å². The van der Waals surface area contributed by atoms with Gasteiger partial charge in [0, 0.05) is 23.4 Å². The van der Waals surface area contributed by atoms with Crippen LogP contribution in [0.15, 0.2) is 97.1 Å². The second kappa shape index (κ2) is 15.6. The van der Waals surface area contributed by atoms with E-state index in [1.54, 1.807) is 7.11 Å². The number of methoxy groups -OCH3 is 1. The molecule has 45 heavy (non-hydrogen) atoms. The van der Waals surface area contributed by atoms with Crippen LogP contribution in [-0.2, 0) is 10.8 Å². The smallest absolute Gasteiger partial charge is 0.119 e. The predicted molar refractivity (Wildman–Crippen MR) is 187 cm³/mol. The van der Waals surface area contributed by atoms with Crippen molar-refractivity contribution >= 4 is 12.6 Å². The van der Waals surface area contributed by atoms with Crippen LogP contribution in [0.2, 0.25) is 0 Å². The lowest BCUT2D eigenvalue weighted by Crippen LogP contribution is -2.21. The minimum absolute atomic E-state index is 0.0812. The minimum Gasteiger partial charge on any atom is -0.497 e. The molecule has 0 fully saturated rings. The number of thiol groups is 1. The van der Waals surface area contributed by atoms with Crippen LogP contribution in [0, 0.1) is 5.92 Å². The molecule has 0 spiro atoms. The standard InChI is InChI=1S/C39H48O5S/c1-7-28(24-40)25-42-34-18-10-30(11-19-34)39(4,5)32-14-22-36(23-15-32)44-27-37(45)26-43-35-20-12-31(13-21-35)38(2,3)29-8-16-33(41-6)17-9-29/h8-23,28,37,40,45H,7,24-27H2,1-6H3. The third-order valence-corrected chi connectivity index (χ3v) is 9.04. The van der Waals surface area contributed by atoms with Gasteiger partial charge in [0.15, 0.2) is 0 Å². The van der Waals surface area contributed by atoms with E-state index in [-0.39, 0.29) is 28.6 Å². The molecule has 0 saturated heterocycles. The van der Waals surface area contributed by atoms with Crippen molar-refractivity contribution in [3.63, 3.8) is 0 Å². The summed E-state index contributed by atoms with van der Waals surface area (Å²) in [6.45, 7) is 12.5. The van der Waals surface area contributed by atoms with E-state index < -0.39 is 0 Å². The number of ether oxygens (including phenoxy) is 4.